The smallest absolute Gasteiger partial charge is 0.249 e. The van der Waals surface area contributed by atoms with Crippen LogP contribution in [-0.2, 0) is 20.9 Å². The molecule has 4 aromatic rings. The van der Waals surface area contributed by atoms with Crippen LogP contribution in [-0.4, -0.2) is 46.1 Å². The molecule has 37 heavy (non-hydrogen) atoms. The normalized spacial score (nSPS) is 16.0. The van der Waals surface area contributed by atoms with Crippen LogP contribution in [0.5, 0.6) is 0 Å². The number of fused-ring (bicyclic) bond motifs is 1. The second-order valence-corrected chi connectivity index (χ2v) is 9.09. The standard InChI is InChI=1S/C28H28FN5O3/c1-19-9-2-6-14-24(19)34(26(35)18-33-25-15-7-5-13-23(25)31-32-33)27(21-11-3-4-12-22(21)29)28(36)30-17-20-10-8-16-37-20/h2-7,9,11-15,20,27H,8,10,16-18H2,1H3,(H,30,36)/t20-,27-/m1/s1. The van der Waals surface area contributed by atoms with Gasteiger partial charge in [0.25, 0.3) is 0 Å². The molecular formula is C28H28FN5O3. The van der Waals surface area contributed by atoms with Crippen molar-refractivity contribution in [3.05, 3.63) is 89.7 Å². The molecule has 9 heteroatoms. The fraction of sp³-hybridized carbons (Fsp3) is 0.286. The first kappa shape index (κ1) is 24.6. The molecule has 1 saturated heterocycles. The molecule has 0 bridgehead atoms. The van der Waals surface area contributed by atoms with Crippen LogP contribution in [0.2, 0.25) is 0 Å². The summed E-state index contributed by atoms with van der Waals surface area (Å²) in [6.07, 6.45) is 1.66. The molecule has 190 valence electrons. The lowest BCUT2D eigenvalue weighted by molar-refractivity contribution is -0.127. The molecular weight excluding hydrogens is 473 g/mol. The number of ether oxygens (including phenoxy) is 1. The van der Waals surface area contributed by atoms with Gasteiger partial charge < -0.3 is 10.1 Å². The maximum Gasteiger partial charge on any atom is 0.249 e. The second-order valence-electron chi connectivity index (χ2n) is 9.09. The lowest BCUT2D eigenvalue weighted by atomic mass is 10.0. The number of nitrogens with zero attached hydrogens (tertiary/aromatic N) is 4. The Bertz CT molecular complexity index is 1420. The quantitative estimate of drug-likeness (QED) is 0.395. The van der Waals surface area contributed by atoms with Gasteiger partial charge in [0.15, 0.2) is 0 Å². The summed E-state index contributed by atoms with van der Waals surface area (Å²) in [5, 5.41) is 11.2. The van der Waals surface area contributed by atoms with Crippen LogP contribution < -0.4 is 10.2 Å². The van der Waals surface area contributed by atoms with Gasteiger partial charge in [-0.25, -0.2) is 9.07 Å². The van der Waals surface area contributed by atoms with Crippen molar-refractivity contribution in [3.63, 3.8) is 0 Å². The van der Waals surface area contributed by atoms with Crippen LogP contribution in [0.1, 0.15) is 30.0 Å². The molecule has 0 radical (unpaired) electrons. The lowest BCUT2D eigenvalue weighted by Gasteiger charge is -2.33. The van der Waals surface area contributed by atoms with Crippen molar-refractivity contribution in [2.75, 3.05) is 18.1 Å². The molecule has 0 saturated carbocycles. The van der Waals surface area contributed by atoms with Gasteiger partial charge in [0.05, 0.1) is 11.6 Å². The summed E-state index contributed by atoms with van der Waals surface area (Å²) in [5.74, 6) is -1.48. The van der Waals surface area contributed by atoms with Crippen molar-refractivity contribution in [3.8, 4) is 0 Å². The van der Waals surface area contributed by atoms with E-state index in [0.717, 1.165) is 18.4 Å². The summed E-state index contributed by atoms with van der Waals surface area (Å²) >= 11 is 0. The van der Waals surface area contributed by atoms with E-state index >= 15 is 4.39 Å². The Hall–Kier alpha value is -4.11. The Morgan fingerprint density at radius 3 is 2.65 bits per heavy atom. The molecule has 0 spiro atoms. The minimum Gasteiger partial charge on any atom is -0.376 e. The van der Waals surface area contributed by atoms with E-state index in [1.165, 1.54) is 21.7 Å². The third-order valence-corrected chi connectivity index (χ3v) is 6.58. The average molecular weight is 502 g/mol. The monoisotopic (exact) mass is 501 g/mol. The molecule has 3 aromatic carbocycles. The van der Waals surface area contributed by atoms with E-state index in [2.05, 4.69) is 15.6 Å². The van der Waals surface area contributed by atoms with E-state index in [9.17, 15) is 9.59 Å². The van der Waals surface area contributed by atoms with Crippen molar-refractivity contribution < 1.29 is 18.7 Å². The number of nitrogens with one attached hydrogen (secondary N) is 1. The molecule has 8 nitrogen and oxygen atoms in total. The summed E-state index contributed by atoms with van der Waals surface area (Å²) in [6.45, 7) is 2.60. The number of aryl methyl sites for hydroxylation is 1. The average Bonchev–Trinajstić information content (AvgIpc) is 3.57. The maximum absolute atomic E-state index is 15.2. The number of aromatic nitrogens is 3. The summed E-state index contributed by atoms with van der Waals surface area (Å²) < 4.78 is 22.3. The molecule has 1 N–H and O–H groups in total. The summed E-state index contributed by atoms with van der Waals surface area (Å²) in [4.78, 5) is 29.1. The van der Waals surface area contributed by atoms with Gasteiger partial charge >= 0.3 is 0 Å². The van der Waals surface area contributed by atoms with Gasteiger partial charge in [0, 0.05) is 24.4 Å². The molecule has 1 aliphatic rings. The van der Waals surface area contributed by atoms with Crippen LogP contribution in [0.25, 0.3) is 11.0 Å². The van der Waals surface area contributed by atoms with Crippen molar-refractivity contribution >= 4 is 28.5 Å². The number of anilines is 1. The van der Waals surface area contributed by atoms with Crippen LogP contribution >= 0.6 is 0 Å². The summed E-state index contributed by atoms with van der Waals surface area (Å²) in [5.41, 5.74) is 2.72. The van der Waals surface area contributed by atoms with E-state index in [1.54, 1.807) is 24.3 Å². The number of rotatable bonds is 8. The number of para-hydroxylation sites is 2. The second kappa shape index (κ2) is 10.9. The van der Waals surface area contributed by atoms with Gasteiger partial charge in [0.1, 0.15) is 23.9 Å². The van der Waals surface area contributed by atoms with Gasteiger partial charge in [-0.15, -0.1) is 5.10 Å². The van der Waals surface area contributed by atoms with Crippen molar-refractivity contribution in [2.45, 2.75) is 38.5 Å². The highest BCUT2D eigenvalue weighted by Crippen LogP contribution is 2.32. The Morgan fingerprint density at radius 1 is 1.11 bits per heavy atom. The number of carbonyl (C=O) groups is 2. The van der Waals surface area contributed by atoms with Crippen molar-refractivity contribution in [2.24, 2.45) is 0 Å². The topological polar surface area (TPSA) is 89.4 Å². The fourth-order valence-electron chi connectivity index (χ4n) is 4.70. The Morgan fingerprint density at radius 2 is 1.86 bits per heavy atom. The predicted octanol–water partition coefficient (Wildman–Crippen LogP) is 3.95. The molecule has 1 fully saturated rings. The van der Waals surface area contributed by atoms with Gasteiger partial charge in [-0.3, -0.25) is 14.5 Å². The Kier molecular flexibility index (Phi) is 7.23. The van der Waals surface area contributed by atoms with Crippen LogP contribution in [0.15, 0.2) is 72.8 Å². The highest BCUT2D eigenvalue weighted by atomic mass is 19.1. The first-order valence-corrected chi connectivity index (χ1v) is 12.3. The van der Waals surface area contributed by atoms with Gasteiger partial charge in [-0.1, -0.05) is 53.7 Å². The Balaban J connectivity index is 1.56. The maximum atomic E-state index is 15.2. The van der Waals surface area contributed by atoms with Gasteiger partial charge in [-0.05, 0) is 49.6 Å². The van der Waals surface area contributed by atoms with Crippen molar-refractivity contribution in [1.29, 1.82) is 0 Å². The van der Waals surface area contributed by atoms with Gasteiger partial charge in [0.2, 0.25) is 11.8 Å². The Labute approximate surface area is 214 Å². The molecule has 2 heterocycles. The molecule has 0 aliphatic carbocycles. The number of halogens is 1. The largest absolute Gasteiger partial charge is 0.376 e. The lowest BCUT2D eigenvalue weighted by Crippen LogP contribution is -2.47. The van der Waals surface area contributed by atoms with Crippen LogP contribution in [0, 0.1) is 12.7 Å². The molecule has 2 amide bonds. The van der Waals surface area contributed by atoms with E-state index < -0.39 is 23.7 Å². The number of benzene rings is 3. The van der Waals surface area contributed by atoms with Crippen LogP contribution in [0.4, 0.5) is 10.1 Å². The van der Waals surface area contributed by atoms with E-state index in [0.29, 0.717) is 23.3 Å². The predicted molar refractivity (Wildman–Crippen MR) is 137 cm³/mol. The third-order valence-electron chi connectivity index (χ3n) is 6.58. The number of amides is 2. The molecule has 1 aliphatic heterocycles. The fourth-order valence-corrected chi connectivity index (χ4v) is 4.70. The molecule has 5 rings (SSSR count). The number of hydrogen-bond acceptors (Lipinski definition) is 5. The van der Waals surface area contributed by atoms with E-state index in [1.807, 2.05) is 43.3 Å². The first-order valence-electron chi connectivity index (χ1n) is 12.3. The zero-order chi connectivity index (χ0) is 25.8. The number of hydrogen-bond donors (Lipinski definition) is 1. The van der Waals surface area contributed by atoms with E-state index in [4.69, 9.17) is 4.74 Å². The third kappa shape index (κ3) is 5.22. The minimum atomic E-state index is -1.24. The van der Waals surface area contributed by atoms with Crippen molar-refractivity contribution in [1.82, 2.24) is 20.3 Å². The van der Waals surface area contributed by atoms with Crippen LogP contribution in [0.3, 0.4) is 0 Å². The summed E-state index contributed by atoms with van der Waals surface area (Å²) in [6, 6.07) is 19.4. The molecule has 1 aromatic heterocycles. The summed E-state index contributed by atoms with van der Waals surface area (Å²) in [7, 11) is 0. The highest BCUT2D eigenvalue weighted by molar-refractivity contribution is 6.02. The zero-order valence-electron chi connectivity index (χ0n) is 20.5. The molecule has 2 atom stereocenters. The van der Waals surface area contributed by atoms with E-state index in [-0.39, 0.29) is 24.8 Å². The van der Waals surface area contributed by atoms with Gasteiger partial charge in [-0.2, -0.15) is 0 Å². The minimum absolute atomic E-state index is 0.102. The molecule has 0 unspecified atom stereocenters. The number of carbonyl (C=O) groups excluding carboxylic acids is 2. The highest BCUT2D eigenvalue weighted by Gasteiger charge is 2.36. The zero-order valence-corrected chi connectivity index (χ0v) is 20.5. The SMILES string of the molecule is Cc1ccccc1N(C(=O)Cn1nnc2ccccc21)[C@@H](C(=O)NC[C@H]1CCCO1)c1ccccc1F. The first-order chi connectivity index (χ1) is 18.0.